The summed E-state index contributed by atoms with van der Waals surface area (Å²) in [6.07, 6.45) is 2.57. The molecule has 0 aliphatic carbocycles. The van der Waals surface area contributed by atoms with Crippen molar-refractivity contribution in [3.63, 3.8) is 0 Å². The van der Waals surface area contributed by atoms with Gasteiger partial charge in [0.1, 0.15) is 0 Å². The molecule has 0 radical (unpaired) electrons. The van der Waals surface area contributed by atoms with Crippen molar-refractivity contribution in [2.24, 2.45) is 11.7 Å². The highest BCUT2D eigenvalue weighted by Crippen LogP contribution is 2.32. The Bertz CT molecular complexity index is 410. The first-order valence-corrected chi connectivity index (χ1v) is 7.41. The van der Waals surface area contributed by atoms with Crippen LogP contribution in [0.25, 0.3) is 0 Å². The Hall–Kier alpha value is -0.860. The van der Waals surface area contributed by atoms with Crippen molar-refractivity contribution in [3.05, 3.63) is 35.4 Å². The third kappa shape index (κ3) is 3.18. The summed E-state index contributed by atoms with van der Waals surface area (Å²) >= 11 is 0. The van der Waals surface area contributed by atoms with E-state index < -0.39 is 0 Å². The number of hydrogen-bond donors (Lipinski definition) is 1. The lowest BCUT2D eigenvalue weighted by Gasteiger charge is -2.25. The Balaban J connectivity index is 2.10. The fraction of sp³-hybridized carbons (Fsp3) is 0.647. The van der Waals surface area contributed by atoms with Crippen LogP contribution in [0.4, 0.5) is 0 Å². The van der Waals surface area contributed by atoms with E-state index in [1.807, 2.05) is 0 Å². The zero-order valence-electron chi connectivity index (χ0n) is 12.6. The monoisotopic (exact) mass is 261 g/mol. The van der Waals surface area contributed by atoms with Crippen LogP contribution >= 0.6 is 0 Å². The van der Waals surface area contributed by atoms with E-state index >= 15 is 0 Å². The van der Waals surface area contributed by atoms with Crippen LogP contribution in [0.5, 0.6) is 0 Å². The molecule has 2 heteroatoms. The molecule has 0 aromatic heterocycles. The smallest absolute Gasteiger partial charge is 0.0551 e. The number of hydrogen-bond acceptors (Lipinski definition) is 2. The van der Waals surface area contributed by atoms with Gasteiger partial charge in [-0.1, -0.05) is 45.0 Å². The van der Waals surface area contributed by atoms with Crippen LogP contribution in [0.15, 0.2) is 24.3 Å². The van der Waals surface area contributed by atoms with Gasteiger partial charge < -0.3 is 10.5 Å². The predicted molar refractivity (Wildman–Crippen MR) is 80.2 cm³/mol. The van der Waals surface area contributed by atoms with Crippen LogP contribution < -0.4 is 5.73 Å². The van der Waals surface area contributed by atoms with Crippen molar-refractivity contribution in [1.29, 1.82) is 0 Å². The Morgan fingerprint density at radius 1 is 1.32 bits per heavy atom. The second-order valence-electron chi connectivity index (χ2n) is 6.52. The van der Waals surface area contributed by atoms with Crippen LogP contribution in [0.2, 0.25) is 0 Å². The molecule has 106 valence electrons. The largest absolute Gasteiger partial charge is 0.378 e. The quantitative estimate of drug-likeness (QED) is 0.894. The van der Waals surface area contributed by atoms with Gasteiger partial charge in [0.15, 0.2) is 0 Å². The average molecular weight is 261 g/mol. The van der Waals surface area contributed by atoms with Crippen molar-refractivity contribution >= 4 is 0 Å². The van der Waals surface area contributed by atoms with E-state index in [1.165, 1.54) is 11.1 Å². The van der Waals surface area contributed by atoms with Gasteiger partial charge in [0.25, 0.3) is 0 Å². The van der Waals surface area contributed by atoms with Crippen LogP contribution in [-0.2, 0) is 10.2 Å². The van der Waals surface area contributed by atoms with Gasteiger partial charge >= 0.3 is 0 Å². The minimum absolute atomic E-state index is 0.101. The molecule has 19 heavy (non-hydrogen) atoms. The molecule has 0 spiro atoms. The summed E-state index contributed by atoms with van der Waals surface area (Å²) in [5.74, 6) is 0.458. The maximum Gasteiger partial charge on any atom is 0.0551 e. The summed E-state index contributed by atoms with van der Waals surface area (Å²) in [5.41, 5.74) is 9.24. The Kier molecular flexibility index (Phi) is 4.32. The molecular weight excluding hydrogens is 234 g/mol. The first-order chi connectivity index (χ1) is 8.94. The fourth-order valence-corrected chi connectivity index (χ4v) is 2.73. The molecule has 3 unspecified atom stereocenters. The standard InChI is InChI=1S/C17H27NO/c1-5-17(3,4)15-8-6-13(7-9-15)16(18)14-10-12(2)19-11-14/h6-9,12,14,16H,5,10-11,18H2,1-4H3. The second-order valence-corrected chi connectivity index (χ2v) is 6.52. The molecule has 2 rings (SSSR count). The molecular formula is C17H27NO. The topological polar surface area (TPSA) is 35.2 Å². The average Bonchev–Trinajstić information content (AvgIpc) is 2.85. The van der Waals surface area contributed by atoms with Crippen LogP contribution in [0, 0.1) is 5.92 Å². The SMILES string of the molecule is CCC(C)(C)c1ccc(C(N)C2COC(C)C2)cc1. The third-order valence-corrected chi connectivity index (χ3v) is 4.70. The minimum Gasteiger partial charge on any atom is -0.378 e. The third-order valence-electron chi connectivity index (χ3n) is 4.70. The minimum atomic E-state index is 0.101. The summed E-state index contributed by atoms with van der Waals surface area (Å²) in [6.45, 7) is 9.73. The summed E-state index contributed by atoms with van der Waals surface area (Å²) in [5, 5.41) is 0. The molecule has 0 saturated carbocycles. The molecule has 1 aliphatic heterocycles. The van der Waals surface area contributed by atoms with E-state index in [0.29, 0.717) is 12.0 Å². The summed E-state index contributed by atoms with van der Waals surface area (Å²) < 4.78 is 5.62. The van der Waals surface area contributed by atoms with Crippen molar-refractivity contribution in [2.75, 3.05) is 6.61 Å². The Morgan fingerprint density at radius 2 is 1.95 bits per heavy atom. The lowest BCUT2D eigenvalue weighted by molar-refractivity contribution is 0.118. The van der Waals surface area contributed by atoms with Crippen molar-refractivity contribution < 1.29 is 4.74 Å². The molecule has 2 nitrogen and oxygen atoms in total. The Labute approximate surface area is 117 Å². The van der Waals surface area contributed by atoms with Crippen LogP contribution in [-0.4, -0.2) is 12.7 Å². The van der Waals surface area contributed by atoms with Crippen LogP contribution in [0.3, 0.4) is 0 Å². The highest BCUT2D eigenvalue weighted by Gasteiger charge is 2.28. The predicted octanol–water partition coefficient (Wildman–Crippen LogP) is 3.80. The van der Waals surface area contributed by atoms with Gasteiger partial charge in [-0.3, -0.25) is 0 Å². The summed E-state index contributed by atoms with van der Waals surface area (Å²) in [4.78, 5) is 0. The van der Waals surface area contributed by atoms with E-state index in [0.717, 1.165) is 19.4 Å². The molecule has 0 amide bonds. The van der Waals surface area contributed by atoms with Crippen molar-refractivity contribution in [1.82, 2.24) is 0 Å². The fourth-order valence-electron chi connectivity index (χ4n) is 2.73. The lowest BCUT2D eigenvalue weighted by atomic mass is 9.81. The first kappa shape index (κ1) is 14.5. The summed E-state index contributed by atoms with van der Waals surface area (Å²) in [7, 11) is 0. The molecule has 0 bridgehead atoms. The van der Waals surface area contributed by atoms with Gasteiger partial charge in [0, 0.05) is 12.0 Å². The maximum absolute atomic E-state index is 6.37. The highest BCUT2D eigenvalue weighted by molar-refractivity contribution is 5.30. The Morgan fingerprint density at radius 3 is 2.42 bits per heavy atom. The van der Waals surface area contributed by atoms with Gasteiger partial charge in [-0.05, 0) is 36.3 Å². The maximum atomic E-state index is 6.37. The molecule has 2 N–H and O–H groups in total. The number of nitrogens with two attached hydrogens (primary N) is 1. The van der Waals surface area contributed by atoms with Gasteiger partial charge in [0.2, 0.25) is 0 Å². The molecule has 1 aliphatic rings. The zero-order valence-corrected chi connectivity index (χ0v) is 12.6. The number of ether oxygens (including phenoxy) is 1. The van der Waals surface area contributed by atoms with E-state index in [4.69, 9.17) is 10.5 Å². The van der Waals surface area contributed by atoms with Gasteiger partial charge in [-0.25, -0.2) is 0 Å². The zero-order chi connectivity index (χ0) is 14.0. The summed E-state index contributed by atoms with van der Waals surface area (Å²) in [6, 6.07) is 8.96. The van der Waals surface area contributed by atoms with Gasteiger partial charge in [0.05, 0.1) is 12.7 Å². The molecule has 1 fully saturated rings. The molecule has 3 atom stereocenters. The highest BCUT2D eigenvalue weighted by atomic mass is 16.5. The first-order valence-electron chi connectivity index (χ1n) is 7.41. The van der Waals surface area contributed by atoms with Gasteiger partial charge in [-0.15, -0.1) is 0 Å². The number of rotatable bonds is 4. The van der Waals surface area contributed by atoms with E-state index in [-0.39, 0.29) is 11.5 Å². The molecule has 1 heterocycles. The van der Waals surface area contributed by atoms with E-state index in [2.05, 4.69) is 52.0 Å². The molecule has 1 aromatic carbocycles. The van der Waals surface area contributed by atoms with Crippen molar-refractivity contribution in [2.45, 2.75) is 58.1 Å². The van der Waals surface area contributed by atoms with Crippen molar-refractivity contribution in [3.8, 4) is 0 Å². The van der Waals surface area contributed by atoms with E-state index in [9.17, 15) is 0 Å². The second kappa shape index (κ2) is 5.64. The number of benzene rings is 1. The van der Waals surface area contributed by atoms with E-state index in [1.54, 1.807) is 0 Å². The lowest BCUT2D eigenvalue weighted by Crippen LogP contribution is -2.22. The normalized spacial score (nSPS) is 25.5. The molecule has 1 saturated heterocycles. The molecule has 1 aromatic rings. The van der Waals surface area contributed by atoms with Gasteiger partial charge in [-0.2, -0.15) is 0 Å². The van der Waals surface area contributed by atoms with Crippen LogP contribution in [0.1, 0.15) is 57.7 Å².